The maximum atomic E-state index is 11.5. The van der Waals surface area contributed by atoms with E-state index in [0.717, 1.165) is 32.1 Å². The summed E-state index contributed by atoms with van der Waals surface area (Å²) in [7, 11) is 0. The second-order valence-corrected chi connectivity index (χ2v) is 7.20. The van der Waals surface area contributed by atoms with Crippen LogP contribution < -0.4 is 0 Å². The van der Waals surface area contributed by atoms with Crippen molar-refractivity contribution in [2.24, 2.45) is 5.92 Å². The SMILES string of the molecule is C=C(C)C(=O)OCCC(CCO)Cc1ccc(CCCCC)c(CC)c1. The van der Waals surface area contributed by atoms with Crippen LogP contribution in [0.1, 0.15) is 69.6 Å². The van der Waals surface area contributed by atoms with E-state index in [9.17, 15) is 9.90 Å². The molecule has 0 aliphatic carbocycles. The van der Waals surface area contributed by atoms with Gasteiger partial charge in [-0.25, -0.2) is 4.79 Å². The zero-order valence-electron chi connectivity index (χ0n) is 16.9. The molecule has 1 unspecified atom stereocenters. The third-order valence-corrected chi connectivity index (χ3v) is 4.87. The number of hydrogen-bond donors (Lipinski definition) is 1. The smallest absolute Gasteiger partial charge is 0.333 e. The molecule has 0 aliphatic rings. The van der Waals surface area contributed by atoms with Gasteiger partial charge in [0.2, 0.25) is 0 Å². The molecule has 1 N–H and O–H groups in total. The number of aryl methyl sites for hydroxylation is 2. The van der Waals surface area contributed by atoms with Crippen LogP contribution in [0.15, 0.2) is 30.4 Å². The maximum Gasteiger partial charge on any atom is 0.333 e. The number of ether oxygens (including phenoxy) is 1. The van der Waals surface area contributed by atoms with Gasteiger partial charge in [0.1, 0.15) is 0 Å². The van der Waals surface area contributed by atoms with Crippen LogP contribution in [0.4, 0.5) is 0 Å². The van der Waals surface area contributed by atoms with E-state index in [1.54, 1.807) is 6.92 Å². The first-order chi connectivity index (χ1) is 12.5. The number of carbonyl (C=O) groups excluding carboxylic acids is 1. The van der Waals surface area contributed by atoms with E-state index in [4.69, 9.17) is 4.74 Å². The average molecular weight is 361 g/mol. The minimum Gasteiger partial charge on any atom is -0.462 e. The van der Waals surface area contributed by atoms with E-state index >= 15 is 0 Å². The Bertz CT molecular complexity index is 563. The van der Waals surface area contributed by atoms with Crippen molar-refractivity contribution >= 4 is 5.97 Å². The van der Waals surface area contributed by atoms with E-state index in [1.165, 1.54) is 36.0 Å². The second kappa shape index (κ2) is 12.7. The molecule has 0 saturated heterocycles. The van der Waals surface area contributed by atoms with Gasteiger partial charge in [-0.3, -0.25) is 0 Å². The summed E-state index contributed by atoms with van der Waals surface area (Å²) in [5.74, 6) is -0.0222. The molecule has 0 heterocycles. The van der Waals surface area contributed by atoms with Crippen LogP contribution in [0.5, 0.6) is 0 Å². The number of rotatable bonds is 13. The minimum absolute atomic E-state index is 0.162. The van der Waals surface area contributed by atoms with Crippen molar-refractivity contribution < 1.29 is 14.6 Å². The third-order valence-electron chi connectivity index (χ3n) is 4.87. The molecule has 0 radical (unpaired) electrons. The molecule has 3 nitrogen and oxygen atoms in total. The lowest BCUT2D eigenvalue weighted by atomic mass is 9.90. The first-order valence-corrected chi connectivity index (χ1v) is 10.1. The molecule has 0 bridgehead atoms. The van der Waals surface area contributed by atoms with Gasteiger partial charge >= 0.3 is 5.97 Å². The fraction of sp³-hybridized carbons (Fsp3) is 0.609. The van der Waals surface area contributed by atoms with Crippen LogP contribution in [-0.4, -0.2) is 24.3 Å². The van der Waals surface area contributed by atoms with Crippen molar-refractivity contribution in [2.75, 3.05) is 13.2 Å². The van der Waals surface area contributed by atoms with E-state index < -0.39 is 0 Å². The molecule has 0 aromatic heterocycles. The summed E-state index contributed by atoms with van der Waals surface area (Å²) in [6.07, 6.45) is 8.40. The minimum atomic E-state index is -0.336. The molecule has 0 spiro atoms. The maximum absolute atomic E-state index is 11.5. The summed E-state index contributed by atoms with van der Waals surface area (Å²) in [6.45, 7) is 10.2. The summed E-state index contributed by atoms with van der Waals surface area (Å²) in [5, 5.41) is 9.35. The van der Waals surface area contributed by atoms with Crippen LogP contribution in [0, 0.1) is 5.92 Å². The highest BCUT2D eigenvalue weighted by molar-refractivity contribution is 5.86. The Balaban J connectivity index is 2.66. The highest BCUT2D eigenvalue weighted by atomic mass is 16.5. The third kappa shape index (κ3) is 8.18. The summed E-state index contributed by atoms with van der Waals surface area (Å²) in [6, 6.07) is 6.83. The Morgan fingerprint density at radius 3 is 2.58 bits per heavy atom. The van der Waals surface area contributed by atoms with Crippen LogP contribution >= 0.6 is 0 Å². The zero-order chi connectivity index (χ0) is 19.4. The van der Waals surface area contributed by atoms with Gasteiger partial charge in [0.15, 0.2) is 0 Å². The fourth-order valence-corrected chi connectivity index (χ4v) is 3.25. The van der Waals surface area contributed by atoms with Crippen LogP contribution in [0.2, 0.25) is 0 Å². The van der Waals surface area contributed by atoms with Gasteiger partial charge in [0.05, 0.1) is 6.61 Å². The summed E-state index contributed by atoms with van der Waals surface area (Å²) in [4.78, 5) is 11.5. The normalized spacial score (nSPS) is 12.0. The molecule has 0 aliphatic heterocycles. The van der Waals surface area contributed by atoms with Crippen molar-refractivity contribution in [1.82, 2.24) is 0 Å². The van der Waals surface area contributed by atoms with Gasteiger partial charge in [-0.1, -0.05) is 51.5 Å². The second-order valence-electron chi connectivity index (χ2n) is 7.20. The Hall–Kier alpha value is -1.61. The molecule has 26 heavy (non-hydrogen) atoms. The number of esters is 1. The van der Waals surface area contributed by atoms with Gasteiger partial charge in [-0.15, -0.1) is 0 Å². The molecule has 0 amide bonds. The highest BCUT2D eigenvalue weighted by Gasteiger charge is 2.13. The Morgan fingerprint density at radius 2 is 1.96 bits per heavy atom. The Kier molecular flexibility index (Phi) is 11.0. The number of aliphatic hydroxyl groups excluding tert-OH is 1. The Labute approximate surface area is 159 Å². The van der Waals surface area contributed by atoms with Crippen LogP contribution in [0.3, 0.4) is 0 Å². The average Bonchev–Trinajstić information content (AvgIpc) is 2.62. The lowest BCUT2D eigenvalue weighted by Gasteiger charge is -2.17. The first kappa shape index (κ1) is 22.4. The van der Waals surface area contributed by atoms with Crippen molar-refractivity contribution in [3.05, 3.63) is 47.0 Å². The lowest BCUT2D eigenvalue weighted by Crippen LogP contribution is -2.14. The highest BCUT2D eigenvalue weighted by Crippen LogP contribution is 2.21. The van der Waals surface area contributed by atoms with Crippen molar-refractivity contribution in [1.29, 1.82) is 0 Å². The van der Waals surface area contributed by atoms with Gasteiger partial charge in [0, 0.05) is 12.2 Å². The number of benzene rings is 1. The summed E-state index contributed by atoms with van der Waals surface area (Å²) >= 11 is 0. The molecule has 146 valence electrons. The topological polar surface area (TPSA) is 46.5 Å². The van der Waals surface area contributed by atoms with Gasteiger partial charge in [-0.05, 0) is 68.1 Å². The molecule has 1 aromatic carbocycles. The number of hydrogen-bond acceptors (Lipinski definition) is 3. The Morgan fingerprint density at radius 1 is 1.19 bits per heavy atom. The molecule has 0 saturated carbocycles. The first-order valence-electron chi connectivity index (χ1n) is 10.1. The van der Waals surface area contributed by atoms with E-state index in [2.05, 4.69) is 38.6 Å². The molecule has 0 fully saturated rings. The molecule has 1 atom stereocenters. The molecule has 1 aromatic rings. The van der Waals surface area contributed by atoms with Gasteiger partial charge in [0.25, 0.3) is 0 Å². The predicted molar refractivity (Wildman–Crippen MR) is 108 cm³/mol. The fourth-order valence-electron chi connectivity index (χ4n) is 3.25. The molecule has 1 rings (SSSR count). The van der Waals surface area contributed by atoms with Crippen molar-refractivity contribution in [3.8, 4) is 0 Å². The number of aliphatic hydroxyl groups is 1. The van der Waals surface area contributed by atoms with Gasteiger partial charge in [-0.2, -0.15) is 0 Å². The number of unbranched alkanes of at least 4 members (excludes halogenated alkanes) is 2. The summed E-state index contributed by atoms with van der Waals surface area (Å²) in [5.41, 5.74) is 4.65. The van der Waals surface area contributed by atoms with Crippen molar-refractivity contribution in [2.45, 2.75) is 72.1 Å². The standard InChI is InChI=1S/C23H36O3/c1-5-7-8-9-22-11-10-20(17-21(22)6-2)16-19(12-14-24)13-15-26-23(25)18(3)4/h10-11,17,19,24H,3,5-9,12-16H2,1-2,4H3. The monoisotopic (exact) mass is 360 g/mol. The number of carbonyl (C=O) groups is 1. The van der Waals surface area contributed by atoms with Crippen molar-refractivity contribution in [3.63, 3.8) is 0 Å². The quantitative estimate of drug-likeness (QED) is 0.305. The molecule has 3 heteroatoms. The van der Waals surface area contributed by atoms with E-state index in [1.807, 2.05) is 0 Å². The van der Waals surface area contributed by atoms with E-state index in [0.29, 0.717) is 18.1 Å². The van der Waals surface area contributed by atoms with Crippen LogP contribution in [-0.2, 0) is 28.8 Å². The zero-order valence-corrected chi connectivity index (χ0v) is 16.9. The van der Waals surface area contributed by atoms with E-state index in [-0.39, 0.29) is 12.6 Å². The van der Waals surface area contributed by atoms with Gasteiger partial charge < -0.3 is 9.84 Å². The summed E-state index contributed by atoms with van der Waals surface area (Å²) < 4.78 is 5.22. The molecular formula is C23H36O3. The van der Waals surface area contributed by atoms with Crippen LogP contribution in [0.25, 0.3) is 0 Å². The largest absolute Gasteiger partial charge is 0.462 e. The molecular weight excluding hydrogens is 324 g/mol. The lowest BCUT2D eigenvalue weighted by molar-refractivity contribution is -0.139. The predicted octanol–water partition coefficient (Wildman–Crippen LogP) is 5.03.